The Morgan fingerprint density at radius 1 is 0.839 bits per heavy atom. The molecule has 1 unspecified atom stereocenters. The van der Waals surface area contributed by atoms with Crippen LogP contribution in [0.5, 0.6) is 5.75 Å². The van der Waals surface area contributed by atoms with Crippen molar-refractivity contribution in [1.29, 1.82) is 0 Å². The summed E-state index contributed by atoms with van der Waals surface area (Å²) in [5.41, 5.74) is 3.72. The van der Waals surface area contributed by atoms with Crippen LogP contribution < -0.4 is 31.1 Å². The zero-order valence-electron chi connectivity index (χ0n) is 30.0. The van der Waals surface area contributed by atoms with Crippen molar-refractivity contribution < 1.29 is 42.1 Å². The molecule has 1 saturated carbocycles. The van der Waals surface area contributed by atoms with E-state index >= 15 is 0 Å². The fourth-order valence-corrected chi connectivity index (χ4v) is 7.88. The highest BCUT2D eigenvalue weighted by molar-refractivity contribution is 5.97. The van der Waals surface area contributed by atoms with Gasteiger partial charge in [0, 0.05) is 63.8 Å². The van der Waals surface area contributed by atoms with Gasteiger partial charge in [-0.15, -0.1) is 0 Å². The largest absolute Gasteiger partial charge is 0.487 e. The van der Waals surface area contributed by atoms with Crippen LogP contribution in [0, 0.1) is 35.1 Å². The lowest BCUT2D eigenvalue weighted by molar-refractivity contribution is 0.0684. The number of pyridine rings is 3. The molecular weight excluding hydrogens is 742 g/mol. The normalized spacial score (nSPS) is 21.4. The standard InChI is InChI=1S/C20H15F3N4O3.C18H20FN3O4/c21-8-1-2-15(13(22)3-8)27-7-12(20(29)30)17(28)9-4-14(23)19(25-18(9)27)26-5-10-11(6-26)16(10)24;1-10-9-26-17-14-11(16(23)12(18(24)25)8-22(10)14)7-13(19)15(17)21-5-3-20(2)4-6-21/h1-4,7,10-11,16H,5-6,24H2,(H,29,30);7-8,10H,3-6,9H2,1-2H3,(H,24,25)/t10-,11+,16?;10-/m.0/s1. The minimum atomic E-state index is -1.56. The molecule has 0 radical (unpaired) electrons. The Hall–Kier alpha value is -6.01. The number of likely N-dealkylation sites (N-methyl/N-ethyl adjacent to an activating group) is 1. The van der Waals surface area contributed by atoms with Gasteiger partial charge in [-0.05, 0) is 50.1 Å². The zero-order valence-corrected chi connectivity index (χ0v) is 30.0. The summed E-state index contributed by atoms with van der Waals surface area (Å²) in [5, 5.41) is 18.4. The number of piperazine rings is 1. The molecule has 4 atom stereocenters. The molecule has 9 rings (SSSR count). The Labute approximate surface area is 314 Å². The summed E-state index contributed by atoms with van der Waals surface area (Å²) in [6.45, 7) is 6.08. The van der Waals surface area contributed by atoms with Crippen molar-refractivity contribution in [2.75, 3.05) is 62.7 Å². The second kappa shape index (κ2) is 13.6. The first-order valence-electron chi connectivity index (χ1n) is 17.8. The van der Waals surface area contributed by atoms with Crippen LogP contribution in [0.2, 0.25) is 0 Å². The molecule has 1 aliphatic carbocycles. The highest BCUT2D eigenvalue weighted by Gasteiger charge is 2.54. The molecule has 5 aromatic rings. The van der Waals surface area contributed by atoms with Crippen molar-refractivity contribution >= 4 is 45.4 Å². The average Bonchev–Trinajstić information content (AvgIpc) is 3.51. The molecule has 4 aliphatic rings. The minimum Gasteiger partial charge on any atom is -0.487 e. The van der Waals surface area contributed by atoms with Gasteiger partial charge >= 0.3 is 11.9 Å². The van der Waals surface area contributed by atoms with Gasteiger partial charge in [-0.2, -0.15) is 0 Å². The number of nitrogens with two attached hydrogens (primary N) is 1. The summed E-state index contributed by atoms with van der Waals surface area (Å²) in [6, 6.07) is 4.69. The average molecular weight is 778 g/mol. The molecule has 14 nitrogen and oxygen atoms in total. The molecule has 18 heteroatoms. The van der Waals surface area contributed by atoms with Crippen molar-refractivity contribution in [1.82, 2.24) is 19.0 Å². The topological polar surface area (TPSA) is 176 Å². The van der Waals surface area contributed by atoms with E-state index in [9.17, 15) is 47.0 Å². The minimum absolute atomic E-state index is 0.0272. The van der Waals surface area contributed by atoms with Gasteiger partial charge in [-0.25, -0.2) is 32.1 Å². The van der Waals surface area contributed by atoms with Gasteiger partial charge in [0.25, 0.3) is 0 Å². The SMILES string of the molecule is C[C@H]1COc2c(N3CCN(C)CC3)c(F)cc3c(=O)c(C(=O)O)cn1c23.NC1[C@H]2CN(c3nc4c(cc3F)c(=O)c(C(=O)O)cn4-c3ccc(F)cc3F)C[C@@H]12. The second-order valence-corrected chi connectivity index (χ2v) is 14.6. The maximum Gasteiger partial charge on any atom is 0.341 e. The lowest BCUT2D eigenvalue weighted by Crippen LogP contribution is -2.45. The Morgan fingerprint density at radius 2 is 1.46 bits per heavy atom. The van der Waals surface area contributed by atoms with Crippen molar-refractivity contribution in [3.8, 4) is 11.4 Å². The monoisotopic (exact) mass is 777 g/mol. The third-order valence-electron chi connectivity index (χ3n) is 11.1. The number of carbonyl (C=O) groups is 2. The van der Waals surface area contributed by atoms with Crippen molar-refractivity contribution in [2.24, 2.45) is 17.6 Å². The maximum absolute atomic E-state index is 15.0. The molecule has 3 fully saturated rings. The molecule has 6 heterocycles. The lowest BCUT2D eigenvalue weighted by Gasteiger charge is -2.37. The Balaban J connectivity index is 0.000000159. The van der Waals surface area contributed by atoms with E-state index in [1.165, 1.54) is 6.20 Å². The number of aromatic nitrogens is 3. The highest BCUT2D eigenvalue weighted by Crippen LogP contribution is 2.46. The molecule has 2 saturated heterocycles. The van der Waals surface area contributed by atoms with E-state index in [1.807, 2.05) is 18.9 Å². The first-order valence-corrected chi connectivity index (χ1v) is 17.8. The molecular formula is C38H35F4N7O7. The van der Waals surface area contributed by atoms with E-state index in [-0.39, 0.29) is 64.0 Å². The molecule has 0 bridgehead atoms. The first kappa shape index (κ1) is 36.9. The third kappa shape index (κ3) is 6.08. The molecule has 3 aromatic heterocycles. The second-order valence-electron chi connectivity index (χ2n) is 14.6. The molecule has 0 amide bonds. The number of halogens is 4. The van der Waals surface area contributed by atoms with E-state index in [2.05, 4.69) is 9.88 Å². The van der Waals surface area contributed by atoms with E-state index in [0.29, 0.717) is 49.2 Å². The Kier molecular flexibility index (Phi) is 8.99. The van der Waals surface area contributed by atoms with Gasteiger partial charge in [0.05, 0.1) is 28.0 Å². The summed E-state index contributed by atoms with van der Waals surface area (Å²) >= 11 is 0. The van der Waals surface area contributed by atoms with Crippen LogP contribution in [0.3, 0.4) is 0 Å². The molecule has 292 valence electrons. The van der Waals surface area contributed by atoms with Gasteiger partial charge in [0.1, 0.15) is 35.1 Å². The number of ether oxygens (including phenoxy) is 1. The summed E-state index contributed by atoms with van der Waals surface area (Å²) < 4.78 is 66.3. The predicted octanol–water partition coefficient (Wildman–Crippen LogP) is 3.44. The number of anilines is 2. The Bertz CT molecular complexity index is 2600. The van der Waals surface area contributed by atoms with E-state index < -0.39 is 51.6 Å². The highest BCUT2D eigenvalue weighted by atomic mass is 19.1. The van der Waals surface area contributed by atoms with Gasteiger partial charge in [0.15, 0.2) is 28.8 Å². The molecule has 2 aromatic carbocycles. The fourth-order valence-electron chi connectivity index (χ4n) is 7.88. The van der Waals surface area contributed by atoms with Gasteiger partial charge in [-0.1, -0.05) is 0 Å². The number of benzene rings is 2. The summed E-state index contributed by atoms with van der Waals surface area (Å²) in [6.07, 6.45) is 2.25. The van der Waals surface area contributed by atoms with Crippen LogP contribution in [0.1, 0.15) is 33.7 Å². The quantitative estimate of drug-likeness (QED) is 0.222. The van der Waals surface area contributed by atoms with Crippen LogP contribution >= 0.6 is 0 Å². The third-order valence-corrected chi connectivity index (χ3v) is 11.1. The number of hydrogen-bond acceptors (Lipinski definition) is 10. The van der Waals surface area contributed by atoms with Crippen LogP contribution in [-0.2, 0) is 0 Å². The number of nitrogens with zero attached hydrogens (tertiary/aromatic N) is 6. The molecule has 3 aliphatic heterocycles. The fraction of sp³-hybridized carbons (Fsp3) is 0.342. The maximum atomic E-state index is 15.0. The van der Waals surface area contributed by atoms with Gasteiger partial charge < -0.3 is 40.0 Å². The molecule has 56 heavy (non-hydrogen) atoms. The predicted molar refractivity (Wildman–Crippen MR) is 196 cm³/mol. The van der Waals surface area contributed by atoms with Crippen molar-refractivity contribution in [3.05, 3.63) is 97.6 Å². The number of hydrogen-bond donors (Lipinski definition) is 3. The lowest BCUT2D eigenvalue weighted by atomic mass is 10.1. The molecule has 0 spiro atoms. The summed E-state index contributed by atoms with van der Waals surface area (Å²) in [7, 11) is 2.02. The van der Waals surface area contributed by atoms with Crippen molar-refractivity contribution in [3.63, 3.8) is 0 Å². The van der Waals surface area contributed by atoms with Gasteiger partial charge in [-0.3, -0.25) is 14.2 Å². The van der Waals surface area contributed by atoms with Crippen LogP contribution in [0.15, 0.2) is 52.3 Å². The Morgan fingerprint density at radius 3 is 2.11 bits per heavy atom. The van der Waals surface area contributed by atoms with Crippen LogP contribution in [-0.4, -0.2) is 100 Å². The van der Waals surface area contributed by atoms with E-state index in [0.717, 1.165) is 48.1 Å². The summed E-state index contributed by atoms with van der Waals surface area (Å²) in [4.78, 5) is 58.2. The van der Waals surface area contributed by atoms with Crippen LogP contribution in [0.25, 0.3) is 27.6 Å². The number of rotatable bonds is 5. The zero-order chi connectivity index (χ0) is 39.9. The number of fused-ring (bicyclic) bond motifs is 2. The van der Waals surface area contributed by atoms with Gasteiger partial charge in [0.2, 0.25) is 10.9 Å². The number of piperidine rings is 1. The number of carboxylic acids is 2. The number of aromatic carboxylic acids is 2. The van der Waals surface area contributed by atoms with Crippen molar-refractivity contribution in [2.45, 2.75) is 19.0 Å². The number of carboxylic acid groups (broad SMARTS) is 2. The smallest absolute Gasteiger partial charge is 0.341 e. The van der Waals surface area contributed by atoms with E-state index in [4.69, 9.17) is 10.5 Å². The van der Waals surface area contributed by atoms with E-state index in [1.54, 1.807) is 9.47 Å². The van der Waals surface area contributed by atoms with Crippen LogP contribution in [0.4, 0.5) is 29.1 Å². The summed E-state index contributed by atoms with van der Waals surface area (Å²) in [5.74, 6) is -5.25. The first-order chi connectivity index (χ1) is 26.6. The molecule has 4 N–H and O–H groups in total.